The first kappa shape index (κ1) is 16.7. The van der Waals surface area contributed by atoms with Crippen molar-refractivity contribution in [2.75, 3.05) is 45.9 Å². The molecule has 2 fully saturated rings. The van der Waals surface area contributed by atoms with Crippen molar-refractivity contribution in [1.82, 2.24) is 10.2 Å². The van der Waals surface area contributed by atoms with Crippen LogP contribution in [0, 0.1) is 11.3 Å². The highest BCUT2D eigenvalue weighted by atomic mass is 16.5. The van der Waals surface area contributed by atoms with Crippen molar-refractivity contribution in [3.63, 3.8) is 0 Å². The molecule has 0 radical (unpaired) electrons. The summed E-state index contributed by atoms with van der Waals surface area (Å²) in [4.78, 5) is 14.9. The molecule has 5 nitrogen and oxygen atoms in total. The molecule has 1 aliphatic carbocycles. The van der Waals surface area contributed by atoms with E-state index in [0.717, 1.165) is 77.4 Å². The van der Waals surface area contributed by atoms with Crippen LogP contribution in [0.4, 0.5) is 0 Å². The molecule has 1 aliphatic heterocycles. The summed E-state index contributed by atoms with van der Waals surface area (Å²) in [6.45, 7) is 8.23. The average molecular weight is 297 g/mol. The van der Waals surface area contributed by atoms with Gasteiger partial charge in [0, 0.05) is 26.2 Å². The van der Waals surface area contributed by atoms with Gasteiger partial charge in [0.25, 0.3) is 0 Å². The van der Waals surface area contributed by atoms with Crippen LogP contribution in [0.25, 0.3) is 0 Å². The Morgan fingerprint density at radius 2 is 2.00 bits per heavy atom. The lowest BCUT2D eigenvalue weighted by atomic mass is 9.70. The molecule has 5 heteroatoms. The van der Waals surface area contributed by atoms with Crippen LogP contribution in [0.1, 0.15) is 39.0 Å². The number of rotatable bonds is 6. The molecule has 0 aromatic heterocycles. The minimum absolute atomic E-state index is 0.180. The molecular formula is C16H31N3O2. The molecule has 1 saturated carbocycles. The number of morpholine rings is 1. The third-order valence-corrected chi connectivity index (χ3v) is 5.14. The van der Waals surface area contributed by atoms with E-state index in [-0.39, 0.29) is 11.3 Å². The SMILES string of the molecule is CC1CCC(CN)(C(=O)NCCCN2CCOCC2)CC1. The van der Waals surface area contributed by atoms with Gasteiger partial charge in [-0.25, -0.2) is 0 Å². The van der Waals surface area contributed by atoms with Crippen molar-refractivity contribution in [2.45, 2.75) is 39.0 Å². The second-order valence-corrected chi connectivity index (χ2v) is 6.73. The Morgan fingerprint density at radius 3 is 2.62 bits per heavy atom. The first-order chi connectivity index (χ1) is 10.2. The normalized spacial score (nSPS) is 31.0. The van der Waals surface area contributed by atoms with Crippen molar-refractivity contribution in [3.8, 4) is 0 Å². The molecule has 0 spiro atoms. The van der Waals surface area contributed by atoms with Crippen LogP contribution in [0.3, 0.4) is 0 Å². The van der Waals surface area contributed by atoms with E-state index in [4.69, 9.17) is 10.5 Å². The van der Waals surface area contributed by atoms with Crippen LogP contribution >= 0.6 is 0 Å². The summed E-state index contributed by atoms with van der Waals surface area (Å²) in [5.41, 5.74) is 5.62. The van der Waals surface area contributed by atoms with Crippen molar-refractivity contribution in [1.29, 1.82) is 0 Å². The smallest absolute Gasteiger partial charge is 0.227 e. The van der Waals surface area contributed by atoms with E-state index in [1.807, 2.05) is 0 Å². The quantitative estimate of drug-likeness (QED) is 0.717. The van der Waals surface area contributed by atoms with Crippen LogP contribution < -0.4 is 11.1 Å². The highest BCUT2D eigenvalue weighted by Gasteiger charge is 2.39. The predicted molar refractivity (Wildman–Crippen MR) is 84.0 cm³/mol. The fraction of sp³-hybridized carbons (Fsp3) is 0.938. The Morgan fingerprint density at radius 1 is 1.33 bits per heavy atom. The molecule has 0 aromatic rings. The number of carbonyl (C=O) groups is 1. The first-order valence-electron chi connectivity index (χ1n) is 8.45. The number of hydrogen-bond donors (Lipinski definition) is 2. The molecule has 21 heavy (non-hydrogen) atoms. The Kier molecular flexibility index (Phi) is 6.45. The number of nitrogens with one attached hydrogen (secondary N) is 1. The van der Waals surface area contributed by atoms with Crippen molar-refractivity contribution < 1.29 is 9.53 Å². The zero-order chi connectivity index (χ0) is 15.1. The van der Waals surface area contributed by atoms with E-state index in [2.05, 4.69) is 17.1 Å². The number of nitrogens with zero attached hydrogens (tertiary/aromatic N) is 1. The zero-order valence-corrected chi connectivity index (χ0v) is 13.4. The lowest BCUT2D eigenvalue weighted by Gasteiger charge is -2.37. The van der Waals surface area contributed by atoms with Gasteiger partial charge < -0.3 is 15.8 Å². The van der Waals surface area contributed by atoms with Crippen molar-refractivity contribution >= 4 is 5.91 Å². The Labute approximate surface area is 128 Å². The summed E-state index contributed by atoms with van der Waals surface area (Å²) < 4.78 is 5.33. The third-order valence-electron chi connectivity index (χ3n) is 5.14. The lowest BCUT2D eigenvalue weighted by molar-refractivity contribution is -0.132. The van der Waals surface area contributed by atoms with Gasteiger partial charge >= 0.3 is 0 Å². The summed E-state index contributed by atoms with van der Waals surface area (Å²) in [5.74, 6) is 0.915. The van der Waals surface area contributed by atoms with E-state index in [1.54, 1.807) is 0 Å². The van der Waals surface area contributed by atoms with E-state index in [1.165, 1.54) is 0 Å². The maximum absolute atomic E-state index is 12.5. The van der Waals surface area contributed by atoms with Gasteiger partial charge in [-0.05, 0) is 44.6 Å². The summed E-state index contributed by atoms with van der Waals surface area (Å²) in [6.07, 6.45) is 5.14. The number of amides is 1. The molecule has 2 aliphatic rings. The maximum atomic E-state index is 12.5. The zero-order valence-electron chi connectivity index (χ0n) is 13.4. The standard InChI is InChI=1S/C16H31N3O2/c1-14-3-5-16(13-17,6-4-14)15(20)18-7-2-8-19-9-11-21-12-10-19/h14H,2-13,17H2,1H3,(H,18,20). The highest BCUT2D eigenvalue weighted by Crippen LogP contribution is 2.38. The number of hydrogen-bond acceptors (Lipinski definition) is 4. The fourth-order valence-corrected chi connectivity index (χ4v) is 3.36. The van der Waals surface area contributed by atoms with Crippen LogP contribution in [0.15, 0.2) is 0 Å². The lowest BCUT2D eigenvalue weighted by Crippen LogP contribution is -2.48. The molecule has 122 valence electrons. The van der Waals surface area contributed by atoms with Gasteiger partial charge in [0.2, 0.25) is 5.91 Å². The Bertz CT molecular complexity index is 321. The highest BCUT2D eigenvalue weighted by molar-refractivity contribution is 5.83. The molecule has 1 heterocycles. The fourth-order valence-electron chi connectivity index (χ4n) is 3.36. The molecule has 1 amide bonds. The monoisotopic (exact) mass is 297 g/mol. The topological polar surface area (TPSA) is 67.6 Å². The third kappa shape index (κ3) is 4.66. The van der Waals surface area contributed by atoms with Crippen LogP contribution in [0.2, 0.25) is 0 Å². The predicted octanol–water partition coefficient (Wildman–Crippen LogP) is 0.980. The van der Waals surface area contributed by atoms with Gasteiger partial charge in [0.1, 0.15) is 0 Å². The molecule has 1 saturated heterocycles. The van der Waals surface area contributed by atoms with Crippen molar-refractivity contribution in [2.24, 2.45) is 17.1 Å². The first-order valence-corrected chi connectivity index (χ1v) is 8.45. The van der Waals surface area contributed by atoms with Gasteiger partial charge in [-0.2, -0.15) is 0 Å². The number of carbonyl (C=O) groups excluding carboxylic acids is 1. The summed E-state index contributed by atoms with van der Waals surface area (Å²) in [6, 6.07) is 0. The van der Waals surface area contributed by atoms with Crippen molar-refractivity contribution in [3.05, 3.63) is 0 Å². The van der Waals surface area contributed by atoms with Crippen LogP contribution in [-0.4, -0.2) is 56.7 Å². The van der Waals surface area contributed by atoms with Crippen LogP contribution in [-0.2, 0) is 9.53 Å². The van der Waals surface area contributed by atoms with Gasteiger partial charge in [0.15, 0.2) is 0 Å². The molecule has 0 aromatic carbocycles. The molecule has 3 N–H and O–H groups in total. The van der Waals surface area contributed by atoms with Gasteiger partial charge in [-0.1, -0.05) is 6.92 Å². The van der Waals surface area contributed by atoms with Gasteiger partial charge in [-0.15, -0.1) is 0 Å². The summed E-state index contributed by atoms with van der Waals surface area (Å²) in [5, 5.41) is 3.12. The molecule has 0 bridgehead atoms. The van der Waals surface area contributed by atoms with Gasteiger partial charge in [0.05, 0.1) is 18.6 Å². The summed E-state index contributed by atoms with van der Waals surface area (Å²) in [7, 11) is 0. The minimum Gasteiger partial charge on any atom is -0.379 e. The second-order valence-electron chi connectivity index (χ2n) is 6.73. The number of nitrogens with two attached hydrogens (primary N) is 1. The molecular weight excluding hydrogens is 266 g/mol. The Balaban J connectivity index is 1.67. The van der Waals surface area contributed by atoms with E-state index in [0.29, 0.717) is 6.54 Å². The van der Waals surface area contributed by atoms with Gasteiger partial charge in [-0.3, -0.25) is 9.69 Å². The second kappa shape index (κ2) is 8.11. The van der Waals surface area contributed by atoms with E-state index in [9.17, 15) is 4.79 Å². The average Bonchev–Trinajstić information content (AvgIpc) is 2.53. The minimum atomic E-state index is -0.300. The molecule has 0 atom stereocenters. The summed E-state index contributed by atoms with van der Waals surface area (Å²) >= 11 is 0. The van der Waals surface area contributed by atoms with E-state index >= 15 is 0 Å². The number of ether oxygens (including phenoxy) is 1. The molecule has 2 rings (SSSR count). The van der Waals surface area contributed by atoms with E-state index < -0.39 is 0 Å². The maximum Gasteiger partial charge on any atom is 0.227 e. The molecule has 0 unspecified atom stereocenters. The van der Waals surface area contributed by atoms with Crippen LogP contribution in [0.5, 0.6) is 0 Å². The largest absolute Gasteiger partial charge is 0.379 e. The Hall–Kier alpha value is -0.650.